The third kappa shape index (κ3) is 4.59. The van der Waals surface area contributed by atoms with Crippen LogP contribution in [0.15, 0.2) is 24.3 Å². The molecule has 1 unspecified atom stereocenters. The molecular weight excluding hydrogens is 380 g/mol. The van der Waals surface area contributed by atoms with Gasteiger partial charge in [0.05, 0.1) is 6.61 Å². The van der Waals surface area contributed by atoms with Crippen LogP contribution in [-0.2, 0) is 20.7 Å². The molecule has 2 rings (SSSR count). The maximum atomic E-state index is 14.5. The van der Waals surface area contributed by atoms with Gasteiger partial charge in [0.2, 0.25) is 5.78 Å². The highest BCUT2D eigenvalue weighted by atomic mass is 35.5. The summed E-state index contributed by atoms with van der Waals surface area (Å²) in [5.41, 5.74) is 1.96. The van der Waals surface area contributed by atoms with E-state index in [4.69, 9.17) is 27.9 Å². The molecule has 1 atom stereocenters. The largest absolute Gasteiger partial charge is 0.460 e. The standard InChI is InChI=1S/C19H18Cl2FNO3/c1-4-26-19(25)17(24)11(3)8-14-13(9-16(20)23-18(14)21)12-6-5-10(2)7-15(12)22/h5-7,9,11H,4,8H2,1-3H3. The van der Waals surface area contributed by atoms with Crippen molar-refractivity contribution in [1.82, 2.24) is 4.98 Å². The van der Waals surface area contributed by atoms with E-state index < -0.39 is 23.5 Å². The number of ketones is 1. The maximum Gasteiger partial charge on any atom is 0.374 e. The number of nitrogens with zero attached hydrogens (tertiary/aromatic N) is 1. The zero-order valence-electron chi connectivity index (χ0n) is 14.6. The summed E-state index contributed by atoms with van der Waals surface area (Å²) in [6.45, 7) is 5.09. The van der Waals surface area contributed by atoms with Crippen molar-refractivity contribution < 1.29 is 18.7 Å². The van der Waals surface area contributed by atoms with Crippen molar-refractivity contribution in [3.63, 3.8) is 0 Å². The first-order valence-electron chi connectivity index (χ1n) is 8.07. The van der Waals surface area contributed by atoms with Crippen molar-refractivity contribution in [3.05, 3.63) is 51.5 Å². The van der Waals surface area contributed by atoms with Crippen LogP contribution in [0, 0.1) is 18.7 Å². The number of pyridine rings is 1. The first-order chi connectivity index (χ1) is 12.2. The van der Waals surface area contributed by atoms with Gasteiger partial charge in [-0.05, 0) is 49.1 Å². The van der Waals surface area contributed by atoms with Gasteiger partial charge in [0.15, 0.2) is 0 Å². The molecule has 0 saturated carbocycles. The molecule has 4 nitrogen and oxygen atoms in total. The molecule has 0 aliphatic heterocycles. The van der Waals surface area contributed by atoms with Gasteiger partial charge in [0.25, 0.3) is 0 Å². The Bertz CT molecular complexity index is 855. The van der Waals surface area contributed by atoms with Crippen LogP contribution in [0.4, 0.5) is 4.39 Å². The minimum atomic E-state index is -0.902. The number of hydrogen-bond acceptors (Lipinski definition) is 4. The Morgan fingerprint density at radius 2 is 1.92 bits per heavy atom. The Morgan fingerprint density at radius 3 is 2.54 bits per heavy atom. The number of hydrogen-bond donors (Lipinski definition) is 0. The van der Waals surface area contributed by atoms with Gasteiger partial charge in [-0.2, -0.15) is 0 Å². The molecule has 1 aromatic carbocycles. The summed E-state index contributed by atoms with van der Waals surface area (Å²) in [5.74, 6) is -2.72. The zero-order valence-corrected chi connectivity index (χ0v) is 16.1. The molecule has 0 fully saturated rings. The summed E-state index contributed by atoms with van der Waals surface area (Å²) < 4.78 is 19.2. The molecule has 0 saturated heterocycles. The second-order valence-corrected chi connectivity index (χ2v) is 6.68. The fourth-order valence-corrected chi connectivity index (χ4v) is 3.09. The number of carbonyl (C=O) groups excluding carboxylic acids is 2. The van der Waals surface area contributed by atoms with Crippen LogP contribution in [0.1, 0.15) is 25.0 Å². The van der Waals surface area contributed by atoms with E-state index in [0.29, 0.717) is 16.7 Å². The van der Waals surface area contributed by atoms with Gasteiger partial charge in [0, 0.05) is 11.5 Å². The van der Waals surface area contributed by atoms with Crippen molar-refractivity contribution in [3.8, 4) is 11.1 Å². The Morgan fingerprint density at radius 1 is 1.23 bits per heavy atom. The molecular formula is C19H18Cl2FNO3. The normalized spacial score (nSPS) is 11.9. The summed E-state index contributed by atoms with van der Waals surface area (Å²) in [6, 6.07) is 6.28. The summed E-state index contributed by atoms with van der Waals surface area (Å²) in [4.78, 5) is 27.8. The molecule has 0 N–H and O–H groups in total. The van der Waals surface area contributed by atoms with E-state index in [9.17, 15) is 14.0 Å². The summed E-state index contributed by atoms with van der Waals surface area (Å²) in [5, 5.41) is 0.175. The Balaban J connectivity index is 2.45. The third-order valence-electron chi connectivity index (χ3n) is 3.89. The lowest BCUT2D eigenvalue weighted by Gasteiger charge is -2.16. The molecule has 138 valence electrons. The summed E-state index contributed by atoms with van der Waals surface area (Å²) in [6.07, 6.45) is 0.100. The average Bonchev–Trinajstić information content (AvgIpc) is 2.56. The first kappa shape index (κ1) is 20.3. The minimum absolute atomic E-state index is 0.0657. The van der Waals surface area contributed by atoms with E-state index in [1.54, 1.807) is 32.9 Å². The van der Waals surface area contributed by atoms with Crippen LogP contribution in [0.2, 0.25) is 10.3 Å². The van der Waals surface area contributed by atoms with E-state index in [-0.39, 0.29) is 23.3 Å². The Hall–Kier alpha value is -1.98. The second kappa shape index (κ2) is 8.60. The van der Waals surface area contributed by atoms with E-state index in [0.717, 1.165) is 5.56 Å². The van der Waals surface area contributed by atoms with Crippen LogP contribution in [0.25, 0.3) is 11.1 Å². The molecule has 2 aromatic rings. The van der Waals surface area contributed by atoms with Crippen LogP contribution in [0.5, 0.6) is 0 Å². The number of aromatic nitrogens is 1. The van der Waals surface area contributed by atoms with E-state index in [2.05, 4.69) is 4.98 Å². The number of ether oxygens (including phenoxy) is 1. The Labute approximate surface area is 161 Å². The SMILES string of the molecule is CCOC(=O)C(=O)C(C)Cc1c(-c2ccc(C)cc2F)cc(Cl)nc1Cl. The molecule has 7 heteroatoms. The lowest BCUT2D eigenvalue weighted by molar-refractivity contribution is -0.155. The van der Waals surface area contributed by atoms with Crippen molar-refractivity contribution in [1.29, 1.82) is 0 Å². The van der Waals surface area contributed by atoms with Crippen molar-refractivity contribution in [2.45, 2.75) is 27.2 Å². The number of halogens is 3. The highest BCUT2D eigenvalue weighted by molar-refractivity contribution is 6.35. The average molecular weight is 398 g/mol. The van der Waals surface area contributed by atoms with Crippen LogP contribution in [-0.4, -0.2) is 23.3 Å². The smallest absolute Gasteiger partial charge is 0.374 e. The van der Waals surface area contributed by atoms with E-state index >= 15 is 0 Å². The number of aryl methyl sites for hydroxylation is 1. The topological polar surface area (TPSA) is 56.3 Å². The van der Waals surface area contributed by atoms with Crippen LogP contribution >= 0.6 is 23.2 Å². The molecule has 0 radical (unpaired) electrons. The lowest BCUT2D eigenvalue weighted by Crippen LogP contribution is -2.25. The number of benzene rings is 1. The van der Waals surface area contributed by atoms with Crippen LogP contribution in [0.3, 0.4) is 0 Å². The molecule has 0 spiro atoms. The van der Waals surface area contributed by atoms with E-state index in [1.165, 1.54) is 12.1 Å². The zero-order chi connectivity index (χ0) is 19.4. The molecule has 1 aromatic heterocycles. The van der Waals surface area contributed by atoms with Gasteiger partial charge < -0.3 is 4.74 Å². The molecule has 26 heavy (non-hydrogen) atoms. The van der Waals surface area contributed by atoms with Crippen molar-refractivity contribution in [2.24, 2.45) is 5.92 Å². The van der Waals surface area contributed by atoms with E-state index in [1.807, 2.05) is 0 Å². The van der Waals surface area contributed by atoms with Gasteiger partial charge in [-0.15, -0.1) is 0 Å². The monoisotopic (exact) mass is 397 g/mol. The van der Waals surface area contributed by atoms with Crippen LogP contribution < -0.4 is 0 Å². The Kier molecular flexibility index (Phi) is 6.73. The maximum absolute atomic E-state index is 14.5. The number of esters is 1. The number of carbonyl (C=O) groups is 2. The van der Waals surface area contributed by atoms with Crippen molar-refractivity contribution >= 4 is 35.0 Å². The number of rotatable bonds is 6. The lowest BCUT2D eigenvalue weighted by atomic mass is 9.92. The fraction of sp³-hybridized carbons (Fsp3) is 0.316. The number of Topliss-reactive ketones (excluding diaryl/α,β-unsaturated/α-hetero) is 1. The highest BCUT2D eigenvalue weighted by Crippen LogP contribution is 2.34. The molecule has 0 amide bonds. The van der Waals surface area contributed by atoms with Gasteiger partial charge in [0.1, 0.15) is 16.1 Å². The molecule has 0 bridgehead atoms. The predicted octanol–water partition coefficient (Wildman–Crippen LogP) is 4.81. The second-order valence-electron chi connectivity index (χ2n) is 5.94. The van der Waals surface area contributed by atoms with Crippen molar-refractivity contribution in [2.75, 3.05) is 6.61 Å². The summed E-state index contributed by atoms with van der Waals surface area (Å²) >= 11 is 12.2. The third-order valence-corrected chi connectivity index (χ3v) is 4.40. The minimum Gasteiger partial charge on any atom is -0.460 e. The quantitative estimate of drug-likeness (QED) is 0.398. The molecule has 1 heterocycles. The van der Waals surface area contributed by atoms with Gasteiger partial charge in [-0.3, -0.25) is 4.79 Å². The molecule has 0 aliphatic rings. The first-order valence-corrected chi connectivity index (χ1v) is 8.82. The summed E-state index contributed by atoms with van der Waals surface area (Å²) in [7, 11) is 0. The predicted molar refractivity (Wildman–Crippen MR) is 98.9 cm³/mol. The van der Waals surface area contributed by atoms with Gasteiger partial charge >= 0.3 is 5.97 Å². The highest BCUT2D eigenvalue weighted by Gasteiger charge is 2.26. The van der Waals surface area contributed by atoms with Gasteiger partial charge in [-0.25, -0.2) is 14.2 Å². The fourth-order valence-electron chi connectivity index (χ4n) is 2.59. The molecule has 0 aliphatic carbocycles. The van der Waals surface area contributed by atoms with Gasteiger partial charge in [-0.1, -0.05) is 42.3 Å².